The molecule has 0 spiro atoms. The first-order valence-electron chi connectivity index (χ1n) is 23.7. The van der Waals surface area contributed by atoms with Crippen LogP contribution in [0, 0.1) is 0 Å². The van der Waals surface area contributed by atoms with E-state index in [1.807, 2.05) is 27.2 Å². The molecule has 0 bridgehead atoms. The Balaban J connectivity index is 4.39. The van der Waals surface area contributed by atoms with Gasteiger partial charge in [0.05, 0.1) is 39.9 Å². The van der Waals surface area contributed by atoms with E-state index >= 15 is 0 Å². The van der Waals surface area contributed by atoms with Gasteiger partial charge in [0, 0.05) is 6.42 Å². The van der Waals surface area contributed by atoms with Crippen LogP contribution < -0.4 is 10.2 Å². The number of unbranched alkanes of at least 4 members (excludes halogenated alkanes) is 28. The highest BCUT2D eigenvalue weighted by Crippen LogP contribution is 2.38. The number of phosphoric ester groups is 1. The Morgan fingerprint density at radius 2 is 1.00 bits per heavy atom. The predicted molar refractivity (Wildman–Crippen MR) is 238 cm³/mol. The Kier molecular flexibility index (Phi) is 38.7. The number of carbonyl (C=O) groups is 1. The summed E-state index contributed by atoms with van der Waals surface area (Å²) >= 11 is 0. The van der Waals surface area contributed by atoms with Gasteiger partial charge in [-0.15, -0.1) is 0 Å². The van der Waals surface area contributed by atoms with Crippen LogP contribution in [0.2, 0.25) is 0 Å². The average Bonchev–Trinajstić information content (AvgIpc) is 3.15. The van der Waals surface area contributed by atoms with Crippen LogP contribution >= 0.6 is 7.82 Å². The summed E-state index contributed by atoms with van der Waals surface area (Å²) in [5, 5.41) is 13.8. The van der Waals surface area contributed by atoms with E-state index < -0.39 is 20.0 Å². The number of aliphatic hydroxyl groups excluding tert-OH is 1. The lowest BCUT2D eigenvalue weighted by Gasteiger charge is -2.29. The maximum Gasteiger partial charge on any atom is 0.268 e. The molecule has 0 aliphatic rings. The van der Waals surface area contributed by atoms with Gasteiger partial charge in [0.15, 0.2) is 0 Å². The van der Waals surface area contributed by atoms with Crippen LogP contribution in [0.4, 0.5) is 0 Å². The molecule has 0 rings (SSSR count). The first-order chi connectivity index (χ1) is 27.0. The van der Waals surface area contributed by atoms with Gasteiger partial charge in [0.25, 0.3) is 7.82 Å². The van der Waals surface area contributed by atoms with Crippen LogP contribution in [0.3, 0.4) is 0 Å². The number of nitrogens with one attached hydrogen (secondary N) is 1. The molecule has 1 amide bonds. The van der Waals surface area contributed by atoms with Crippen LogP contribution in [0.1, 0.15) is 219 Å². The molecule has 56 heavy (non-hydrogen) atoms. The molecule has 0 saturated heterocycles. The van der Waals surface area contributed by atoms with Crippen molar-refractivity contribution < 1.29 is 32.9 Å². The third kappa shape index (κ3) is 41.2. The number of quaternary nitrogens is 1. The number of carbonyl (C=O) groups excluding carboxylic acids is 1. The molecule has 9 heteroatoms. The number of hydrogen-bond donors (Lipinski definition) is 2. The van der Waals surface area contributed by atoms with Crippen molar-refractivity contribution in [2.75, 3.05) is 40.9 Å². The van der Waals surface area contributed by atoms with Crippen LogP contribution in [-0.2, 0) is 18.4 Å². The molecule has 0 fully saturated rings. The molecule has 3 atom stereocenters. The summed E-state index contributed by atoms with van der Waals surface area (Å²) in [7, 11) is 1.25. The average molecular weight is 813 g/mol. The second-order valence-electron chi connectivity index (χ2n) is 17.5. The number of nitrogens with zero attached hydrogens (tertiary/aromatic N) is 1. The van der Waals surface area contributed by atoms with Gasteiger partial charge >= 0.3 is 0 Å². The van der Waals surface area contributed by atoms with Gasteiger partial charge in [-0.3, -0.25) is 9.36 Å². The Labute approximate surface area is 347 Å². The highest BCUT2D eigenvalue weighted by molar-refractivity contribution is 7.45. The minimum atomic E-state index is -4.59. The summed E-state index contributed by atoms with van der Waals surface area (Å²) in [5.74, 6) is -0.205. The molecule has 332 valence electrons. The molecule has 0 aromatic carbocycles. The molecule has 8 nitrogen and oxygen atoms in total. The number of rotatable bonds is 43. The Morgan fingerprint density at radius 3 is 1.45 bits per heavy atom. The second kappa shape index (κ2) is 39.4. The molecule has 0 aliphatic heterocycles. The molecule has 0 aromatic rings. The third-order valence-electron chi connectivity index (χ3n) is 10.7. The Hall–Kier alpha value is -1.02. The smallest absolute Gasteiger partial charge is 0.268 e. The van der Waals surface area contributed by atoms with Crippen molar-refractivity contribution in [1.82, 2.24) is 5.32 Å². The molecule has 0 radical (unpaired) electrons. The summed E-state index contributed by atoms with van der Waals surface area (Å²) in [6, 6.07) is -0.898. The van der Waals surface area contributed by atoms with Gasteiger partial charge in [-0.05, 0) is 32.1 Å². The highest BCUT2D eigenvalue weighted by atomic mass is 31.2. The van der Waals surface area contributed by atoms with Gasteiger partial charge in [-0.1, -0.05) is 205 Å². The van der Waals surface area contributed by atoms with Crippen LogP contribution in [0.15, 0.2) is 24.3 Å². The number of hydrogen-bond acceptors (Lipinski definition) is 6. The predicted octanol–water partition coefficient (Wildman–Crippen LogP) is 12.7. The molecule has 0 saturated carbocycles. The van der Waals surface area contributed by atoms with E-state index in [1.165, 1.54) is 161 Å². The van der Waals surface area contributed by atoms with E-state index in [-0.39, 0.29) is 19.1 Å². The topological polar surface area (TPSA) is 108 Å². The highest BCUT2D eigenvalue weighted by Gasteiger charge is 2.23. The quantitative estimate of drug-likeness (QED) is 0.0275. The Morgan fingerprint density at radius 1 is 0.607 bits per heavy atom. The van der Waals surface area contributed by atoms with Crippen LogP contribution in [0.25, 0.3) is 0 Å². The van der Waals surface area contributed by atoms with E-state index in [9.17, 15) is 19.4 Å². The standard InChI is InChI=1S/C47H93N2O6P/c1-6-8-10-12-14-16-18-20-22-24-25-27-29-31-33-35-37-39-41-47(51)48-45(44-55-56(52,53)54-43-42-49(3,4)5)46(50)40-38-36-34-32-30-28-26-23-21-19-17-15-13-11-9-7-2/h30,32,38,40,45-46,50H,6-29,31,33-37,39,41-44H2,1-5H3,(H-,48,51,52,53)/b32-30+,40-38+. The zero-order valence-electron chi connectivity index (χ0n) is 37.6. The molecule has 0 aliphatic carbocycles. The number of amides is 1. The van der Waals surface area contributed by atoms with E-state index in [1.54, 1.807) is 6.08 Å². The van der Waals surface area contributed by atoms with E-state index in [2.05, 4.69) is 31.3 Å². The van der Waals surface area contributed by atoms with Crippen molar-refractivity contribution >= 4 is 13.7 Å². The van der Waals surface area contributed by atoms with E-state index in [4.69, 9.17) is 9.05 Å². The Bertz CT molecular complexity index is 969. The molecule has 0 aromatic heterocycles. The zero-order chi connectivity index (χ0) is 41.4. The lowest BCUT2D eigenvalue weighted by atomic mass is 10.0. The molecular formula is C47H93N2O6P. The van der Waals surface area contributed by atoms with Gasteiger partial charge in [-0.2, -0.15) is 0 Å². The number of likely N-dealkylation sites (N-methyl/N-ethyl adjacent to an activating group) is 1. The van der Waals surface area contributed by atoms with Crippen molar-refractivity contribution in [2.24, 2.45) is 0 Å². The van der Waals surface area contributed by atoms with Gasteiger partial charge in [0.2, 0.25) is 5.91 Å². The van der Waals surface area contributed by atoms with Gasteiger partial charge in [-0.25, -0.2) is 0 Å². The van der Waals surface area contributed by atoms with E-state index in [0.29, 0.717) is 17.4 Å². The zero-order valence-corrected chi connectivity index (χ0v) is 38.5. The fourth-order valence-corrected chi connectivity index (χ4v) is 7.60. The molecule has 3 unspecified atom stereocenters. The SMILES string of the molecule is CCCCCCCCCCCC/C=C/CC/C=C/C(O)C(COP(=O)([O-])OCC[N+](C)(C)C)NC(=O)CCCCCCCCCCCCCCCCCCCC. The fourth-order valence-electron chi connectivity index (χ4n) is 6.87. The van der Waals surface area contributed by atoms with Gasteiger partial charge in [0.1, 0.15) is 13.2 Å². The summed E-state index contributed by atoms with van der Waals surface area (Å²) in [5.41, 5.74) is 0. The normalized spacial score (nSPS) is 14.5. The largest absolute Gasteiger partial charge is 0.756 e. The third-order valence-corrected chi connectivity index (χ3v) is 11.6. The maximum atomic E-state index is 12.9. The monoisotopic (exact) mass is 813 g/mol. The molecule has 2 N–H and O–H groups in total. The van der Waals surface area contributed by atoms with Crippen molar-refractivity contribution in [2.45, 2.75) is 231 Å². The van der Waals surface area contributed by atoms with Crippen LogP contribution in [-0.4, -0.2) is 68.5 Å². The van der Waals surface area contributed by atoms with Gasteiger partial charge < -0.3 is 28.8 Å². The minimum Gasteiger partial charge on any atom is -0.756 e. The number of phosphoric acid groups is 1. The molecule has 0 heterocycles. The fraction of sp³-hybridized carbons (Fsp3) is 0.894. The number of aliphatic hydroxyl groups is 1. The maximum absolute atomic E-state index is 12.9. The number of allylic oxidation sites excluding steroid dienone is 3. The first kappa shape index (κ1) is 55.0. The summed E-state index contributed by atoms with van der Waals surface area (Å²) < 4.78 is 23.2. The first-order valence-corrected chi connectivity index (χ1v) is 25.2. The molecular weight excluding hydrogens is 719 g/mol. The van der Waals surface area contributed by atoms with Crippen molar-refractivity contribution in [3.8, 4) is 0 Å². The summed E-state index contributed by atoms with van der Waals surface area (Å²) in [6.07, 6.45) is 46.5. The van der Waals surface area contributed by atoms with Crippen molar-refractivity contribution in [1.29, 1.82) is 0 Å². The van der Waals surface area contributed by atoms with Crippen LogP contribution in [0.5, 0.6) is 0 Å². The summed E-state index contributed by atoms with van der Waals surface area (Å²) in [4.78, 5) is 25.3. The lowest BCUT2D eigenvalue weighted by molar-refractivity contribution is -0.870. The van der Waals surface area contributed by atoms with Crippen molar-refractivity contribution in [3.63, 3.8) is 0 Å². The minimum absolute atomic E-state index is 0.00414. The van der Waals surface area contributed by atoms with E-state index in [0.717, 1.165) is 38.5 Å². The second-order valence-corrected chi connectivity index (χ2v) is 18.9. The summed E-state index contributed by atoms with van der Waals surface area (Å²) in [6.45, 7) is 4.64. The van der Waals surface area contributed by atoms with Crippen molar-refractivity contribution in [3.05, 3.63) is 24.3 Å². The lowest BCUT2D eigenvalue weighted by Crippen LogP contribution is -2.45.